The highest BCUT2D eigenvalue weighted by molar-refractivity contribution is 7.92. The van der Waals surface area contributed by atoms with Crippen molar-refractivity contribution in [2.75, 3.05) is 17.8 Å². The van der Waals surface area contributed by atoms with Crippen LogP contribution in [-0.2, 0) is 10.0 Å². The van der Waals surface area contributed by atoms with Crippen molar-refractivity contribution >= 4 is 34.0 Å². The second kappa shape index (κ2) is 10.3. The molecule has 8 heteroatoms. The van der Waals surface area contributed by atoms with E-state index in [4.69, 9.17) is 5.73 Å². The Morgan fingerprint density at radius 1 is 1.00 bits per heavy atom. The molecule has 0 atom stereocenters. The van der Waals surface area contributed by atoms with E-state index in [9.17, 15) is 13.2 Å². The Kier molecular flexibility index (Phi) is 8.75. The Hall–Kier alpha value is -2.09. The maximum Gasteiger partial charge on any atom is 0.261 e. The van der Waals surface area contributed by atoms with E-state index < -0.39 is 10.0 Å². The van der Waals surface area contributed by atoms with Gasteiger partial charge in [0.2, 0.25) is 0 Å². The molecule has 4 N–H and O–H groups in total. The van der Waals surface area contributed by atoms with Gasteiger partial charge in [-0.15, -0.1) is 12.4 Å². The zero-order valence-corrected chi connectivity index (χ0v) is 17.1. The van der Waals surface area contributed by atoms with Gasteiger partial charge in [0.05, 0.1) is 4.90 Å². The van der Waals surface area contributed by atoms with Crippen LogP contribution in [-0.4, -0.2) is 27.4 Å². The van der Waals surface area contributed by atoms with Gasteiger partial charge in [-0.25, -0.2) is 8.42 Å². The van der Waals surface area contributed by atoms with Crippen molar-refractivity contribution in [1.29, 1.82) is 0 Å². The minimum atomic E-state index is -3.71. The van der Waals surface area contributed by atoms with Gasteiger partial charge in [0, 0.05) is 17.8 Å². The summed E-state index contributed by atoms with van der Waals surface area (Å²) in [7, 11) is -3.71. The number of nitrogens with two attached hydrogens (primary N) is 1. The number of unbranched alkanes of at least 4 members (excludes halogenated alkanes) is 1. The highest BCUT2D eigenvalue weighted by Gasteiger charge is 2.15. The van der Waals surface area contributed by atoms with E-state index in [0.717, 1.165) is 24.0 Å². The molecule has 148 valence electrons. The van der Waals surface area contributed by atoms with E-state index in [1.807, 2.05) is 19.9 Å². The number of halogens is 1. The minimum Gasteiger partial charge on any atom is -0.352 e. The van der Waals surface area contributed by atoms with E-state index in [-0.39, 0.29) is 23.2 Å². The number of rotatable bonds is 8. The first-order valence-electron chi connectivity index (χ1n) is 8.52. The van der Waals surface area contributed by atoms with Crippen LogP contribution < -0.4 is 15.8 Å². The molecule has 0 radical (unpaired) electrons. The van der Waals surface area contributed by atoms with Gasteiger partial charge in [0.15, 0.2) is 0 Å². The highest BCUT2D eigenvalue weighted by atomic mass is 35.5. The fourth-order valence-corrected chi connectivity index (χ4v) is 3.43. The Labute approximate surface area is 167 Å². The van der Waals surface area contributed by atoms with Crippen LogP contribution in [0.5, 0.6) is 0 Å². The second-order valence-corrected chi connectivity index (χ2v) is 7.86. The predicted molar refractivity (Wildman–Crippen MR) is 111 cm³/mol. The van der Waals surface area contributed by atoms with Gasteiger partial charge in [0.25, 0.3) is 15.9 Å². The number of benzene rings is 2. The molecule has 0 aliphatic heterocycles. The van der Waals surface area contributed by atoms with Crippen molar-refractivity contribution in [2.24, 2.45) is 5.73 Å². The number of aryl methyl sites for hydroxylation is 2. The lowest BCUT2D eigenvalue weighted by atomic mass is 10.1. The number of anilines is 1. The van der Waals surface area contributed by atoms with E-state index in [1.165, 1.54) is 24.3 Å². The van der Waals surface area contributed by atoms with Gasteiger partial charge >= 0.3 is 0 Å². The molecule has 0 unspecified atom stereocenters. The number of amides is 1. The third kappa shape index (κ3) is 6.53. The molecule has 2 rings (SSSR count). The molecule has 0 saturated heterocycles. The molecule has 0 spiro atoms. The first-order chi connectivity index (χ1) is 12.3. The zero-order valence-electron chi connectivity index (χ0n) is 15.5. The lowest BCUT2D eigenvalue weighted by Gasteiger charge is -2.10. The summed E-state index contributed by atoms with van der Waals surface area (Å²) in [6.07, 6.45) is 1.66. The average Bonchev–Trinajstić information content (AvgIpc) is 2.61. The summed E-state index contributed by atoms with van der Waals surface area (Å²) < 4.78 is 27.6. The van der Waals surface area contributed by atoms with Crippen molar-refractivity contribution in [3.63, 3.8) is 0 Å². The minimum absolute atomic E-state index is 0. The molecule has 0 bridgehead atoms. The van der Waals surface area contributed by atoms with Crippen molar-refractivity contribution in [3.05, 3.63) is 59.2 Å². The Morgan fingerprint density at radius 3 is 2.26 bits per heavy atom. The quantitative estimate of drug-likeness (QED) is 0.581. The lowest BCUT2D eigenvalue weighted by Crippen LogP contribution is -2.25. The standard InChI is InChI=1S/C19H25N3O3S.ClH/c1-14-5-8-17(13-15(14)2)22-26(24,25)18-9-6-16(7-10-18)19(23)21-12-4-3-11-20;/h5-10,13,22H,3-4,11-12,20H2,1-2H3,(H,21,23);1H. The van der Waals surface area contributed by atoms with Gasteiger partial charge in [-0.3, -0.25) is 9.52 Å². The fourth-order valence-electron chi connectivity index (χ4n) is 2.38. The first kappa shape index (κ1) is 23.0. The van der Waals surface area contributed by atoms with Crippen molar-refractivity contribution in [3.8, 4) is 0 Å². The molecule has 0 heterocycles. The first-order valence-corrected chi connectivity index (χ1v) is 10.0. The molecular weight excluding hydrogens is 386 g/mol. The van der Waals surface area contributed by atoms with Gasteiger partial charge in [-0.2, -0.15) is 0 Å². The van der Waals surface area contributed by atoms with E-state index in [0.29, 0.717) is 24.3 Å². The highest BCUT2D eigenvalue weighted by Crippen LogP contribution is 2.19. The second-order valence-electron chi connectivity index (χ2n) is 6.18. The van der Waals surface area contributed by atoms with Gasteiger partial charge in [-0.05, 0) is 80.8 Å². The Morgan fingerprint density at radius 2 is 1.67 bits per heavy atom. The third-order valence-corrected chi connectivity index (χ3v) is 5.50. The van der Waals surface area contributed by atoms with Gasteiger partial charge in [0.1, 0.15) is 0 Å². The van der Waals surface area contributed by atoms with Crippen LogP contribution in [0.4, 0.5) is 5.69 Å². The lowest BCUT2D eigenvalue weighted by molar-refractivity contribution is 0.0953. The number of nitrogens with one attached hydrogen (secondary N) is 2. The summed E-state index contributed by atoms with van der Waals surface area (Å²) in [6.45, 7) is 5.03. The summed E-state index contributed by atoms with van der Waals surface area (Å²) in [6, 6.07) is 11.3. The molecule has 0 fully saturated rings. The van der Waals surface area contributed by atoms with Crippen molar-refractivity contribution in [2.45, 2.75) is 31.6 Å². The number of carbonyl (C=O) groups excluding carboxylic acids is 1. The monoisotopic (exact) mass is 411 g/mol. The summed E-state index contributed by atoms with van der Waals surface area (Å²) in [5.41, 5.74) is 8.44. The molecule has 2 aromatic rings. The molecule has 6 nitrogen and oxygen atoms in total. The van der Waals surface area contributed by atoms with E-state index in [1.54, 1.807) is 12.1 Å². The van der Waals surface area contributed by atoms with E-state index >= 15 is 0 Å². The van der Waals surface area contributed by atoms with Gasteiger partial charge in [-0.1, -0.05) is 6.07 Å². The third-order valence-electron chi connectivity index (χ3n) is 4.10. The zero-order chi connectivity index (χ0) is 19.2. The SMILES string of the molecule is Cc1ccc(NS(=O)(=O)c2ccc(C(=O)NCCCCN)cc2)cc1C.Cl. The maximum atomic E-state index is 12.5. The molecular formula is C19H26ClN3O3S. The van der Waals surface area contributed by atoms with Crippen LogP contribution in [0.15, 0.2) is 47.4 Å². The largest absolute Gasteiger partial charge is 0.352 e. The molecule has 2 aromatic carbocycles. The van der Waals surface area contributed by atoms with Crippen LogP contribution in [0.2, 0.25) is 0 Å². The molecule has 0 aromatic heterocycles. The average molecular weight is 412 g/mol. The van der Waals surface area contributed by atoms with Crippen LogP contribution >= 0.6 is 12.4 Å². The molecule has 0 aliphatic carbocycles. The normalized spacial score (nSPS) is 10.8. The summed E-state index contributed by atoms with van der Waals surface area (Å²) in [5.74, 6) is -0.229. The maximum absolute atomic E-state index is 12.5. The van der Waals surface area contributed by atoms with Crippen LogP contribution in [0.3, 0.4) is 0 Å². The van der Waals surface area contributed by atoms with E-state index in [2.05, 4.69) is 10.0 Å². The Bertz CT molecular complexity index is 868. The van der Waals surface area contributed by atoms with Crippen molar-refractivity contribution < 1.29 is 13.2 Å². The molecule has 0 aliphatic rings. The smallest absolute Gasteiger partial charge is 0.261 e. The Balaban J connectivity index is 0.00000364. The number of hydrogen-bond acceptors (Lipinski definition) is 4. The van der Waals surface area contributed by atoms with Gasteiger partial charge < -0.3 is 11.1 Å². The number of hydrogen-bond donors (Lipinski definition) is 3. The van der Waals surface area contributed by atoms with Crippen LogP contribution in [0, 0.1) is 13.8 Å². The fraction of sp³-hybridized carbons (Fsp3) is 0.316. The molecule has 27 heavy (non-hydrogen) atoms. The van der Waals surface area contributed by atoms with Crippen molar-refractivity contribution in [1.82, 2.24) is 5.32 Å². The summed E-state index contributed by atoms with van der Waals surface area (Å²) >= 11 is 0. The summed E-state index contributed by atoms with van der Waals surface area (Å²) in [4.78, 5) is 12.1. The van der Waals surface area contributed by atoms with Crippen LogP contribution in [0.25, 0.3) is 0 Å². The number of sulfonamides is 1. The summed E-state index contributed by atoms with van der Waals surface area (Å²) in [5, 5.41) is 2.78. The molecule has 1 amide bonds. The molecule has 0 saturated carbocycles. The number of carbonyl (C=O) groups is 1. The van der Waals surface area contributed by atoms with Crippen LogP contribution in [0.1, 0.15) is 34.3 Å². The topological polar surface area (TPSA) is 101 Å². The predicted octanol–water partition coefficient (Wildman–Crippen LogP) is 2.99.